The quantitative estimate of drug-likeness (QED) is 0.540. The fraction of sp³-hybridized carbons (Fsp3) is 0.118. The van der Waals surface area contributed by atoms with Crippen molar-refractivity contribution in [2.75, 3.05) is 7.11 Å². The number of phenolic OH excluding ortho intramolecular Hbond substituents is 1. The number of rotatable bonds is 3. The van der Waals surface area contributed by atoms with Crippen LogP contribution < -0.4 is 0 Å². The summed E-state index contributed by atoms with van der Waals surface area (Å²) in [6.07, 6.45) is 0.414. The standard InChI is InChI=1S/C17H14BrNO4/c1-23-17(21)16-12(9-10-5-7-11(20)8-6-10)15-13(18)3-2-4-14(15)19(16)22/h2-8,20,22H,9H2,1H3. The second-order valence-electron chi connectivity index (χ2n) is 5.11. The summed E-state index contributed by atoms with van der Waals surface area (Å²) >= 11 is 3.47. The minimum absolute atomic E-state index is 0.0995. The highest BCUT2D eigenvalue weighted by atomic mass is 79.9. The Morgan fingerprint density at radius 1 is 1.22 bits per heavy atom. The third-order valence-electron chi connectivity index (χ3n) is 3.72. The average molecular weight is 376 g/mol. The minimum Gasteiger partial charge on any atom is -0.508 e. The van der Waals surface area contributed by atoms with Crippen molar-refractivity contribution < 1.29 is 19.8 Å². The van der Waals surface area contributed by atoms with Crippen molar-refractivity contribution in [2.24, 2.45) is 0 Å². The van der Waals surface area contributed by atoms with E-state index in [1.165, 1.54) is 7.11 Å². The molecule has 1 aromatic heterocycles. The zero-order chi connectivity index (χ0) is 16.6. The van der Waals surface area contributed by atoms with Gasteiger partial charge in [-0.25, -0.2) is 4.79 Å². The Morgan fingerprint density at radius 3 is 2.57 bits per heavy atom. The molecular weight excluding hydrogens is 362 g/mol. The number of esters is 1. The van der Waals surface area contributed by atoms with Crippen LogP contribution in [0.3, 0.4) is 0 Å². The number of carbonyl (C=O) groups is 1. The summed E-state index contributed by atoms with van der Waals surface area (Å²) in [7, 11) is 1.28. The Hall–Kier alpha value is -2.47. The van der Waals surface area contributed by atoms with E-state index >= 15 is 0 Å². The van der Waals surface area contributed by atoms with Gasteiger partial charge < -0.3 is 15.1 Å². The van der Waals surface area contributed by atoms with Crippen molar-refractivity contribution in [1.29, 1.82) is 0 Å². The molecule has 0 unspecified atom stereocenters. The first kappa shape index (κ1) is 15.4. The minimum atomic E-state index is -0.607. The number of hydrogen-bond donors (Lipinski definition) is 2. The molecule has 3 aromatic rings. The first-order valence-electron chi connectivity index (χ1n) is 6.90. The SMILES string of the molecule is COC(=O)c1c(Cc2ccc(O)cc2)c2c(Br)cccc2n1O. The van der Waals surface area contributed by atoms with Crippen LogP contribution in [0.4, 0.5) is 0 Å². The van der Waals surface area contributed by atoms with Gasteiger partial charge in [0.15, 0.2) is 5.69 Å². The number of phenols is 1. The van der Waals surface area contributed by atoms with Crippen LogP contribution >= 0.6 is 15.9 Å². The van der Waals surface area contributed by atoms with Gasteiger partial charge in [0.2, 0.25) is 0 Å². The zero-order valence-electron chi connectivity index (χ0n) is 12.3. The summed E-state index contributed by atoms with van der Waals surface area (Å²) in [5.74, 6) is -0.433. The second-order valence-corrected chi connectivity index (χ2v) is 5.96. The van der Waals surface area contributed by atoms with Gasteiger partial charge in [-0.1, -0.05) is 34.1 Å². The largest absolute Gasteiger partial charge is 0.508 e. The van der Waals surface area contributed by atoms with E-state index < -0.39 is 5.97 Å². The molecule has 0 fully saturated rings. The van der Waals surface area contributed by atoms with Gasteiger partial charge in [-0.15, -0.1) is 0 Å². The van der Waals surface area contributed by atoms with Crippen molar-refractivity contribution in [3.8, 4) is 5.75 Å². The predicted molar refractivity (Wildman–Crippen MR) is 89.1 cm³/mol. The molecule has 0 radical (unpaired) electrons. The van der Waals surface area contributed by atoms with Gasteiger partial charge in [-0.2, -0.15) is 4.73 Å². The maximum atomic E-state index is 12.1. The second kappa shape index (κ2) is 5.96. The smallest absolute Gasteiger partial charge is 0.358 e. The van der Waals surface area contributed by atoms with Crippen LogP contribution in [-0.4, -0.2) is 28.1 Å². The third kappa shape index (κ3) is 2.66. The van der Waals surface area contributed by atoms with E-state index in [0.29, 0.717) is 17.5 Å². The molecule has 0 amide bonds. The van der Waals surface area contributed by atoms with E-state index in [2.05, 4.69) is 15.9 Å². The molecule has 5 nitrogen and oxygen atoms in total. The Morgan fingerprint density at radius 2 is 1.91 bits per heavy atom. The Labute approximate surface area is 140 Å². The number of fused-ring (bicyclic) bond motifs is 1. The predicted octanol–water partition coefficient (Wildman–Crippen LogP) is 3.72. The average Bonchev–Trinajstić information content (AvgIpc) is 2.83. The van der Waals surface area contributed by atoms with E-state index in [9.17, 15) is 15.1 Å². The number of hydrogen-bond acceptors (Lipinski definition) is 4. The van der Waals surface area contributed by atoms with Crippen LogP contribution in [0.2, 0.25) is 0 Å². The molecule has 2 aromatic carbocycles. The lowest BCUT2D eigenvalue weighted by Gasteiger charge is -2.06. The van der Waals surface area contributed by atoms with Crippen LogP contribution in [0.1, 0.15) is 21.6 Å². The number of aromatic hydroxyl groups is 1. The van der Waals surface area contributed by atoms with Gasteiger partial charge in [0, 0.05) is 21.8 Å². The third-order valence-corrected chi connectivity index (χ3v) is 4.38. The number of aromatic nitrogens is 1. The highest BCUT2D eigenvalue weighted by Crippen LogP contribution is 2.33. The van der Waals surface area contributed by atoms with Gasteiger partial charge in [-0.05, 0) is 29.8 Å². The van der Waals surface area contributed by atoms with Crippen LogP contribution in [0.5, 0.6) is 5.75 Å². The number of ether oxygens (including phenoxy) is 1. The number of methoxy groups -OCH3 is 1. The van der Waals surface area contributed by atoms with Crippen LogP contribution in [0.25, 0.3) is 10.9 Å². The van der Waals surface area contributed by atoms with Crippen LogP contribution in [-0.2, 0) is 11.2 Å². The molecule has 23 heavy (non-hydrogen) atoms. The van der Waals surface area contributed by atoms with Gasteiger partial charge in [-0.3, -0.25) is 0 Å². The van der Waals surface area contributed by atoms with Crippen molar-refractivity contribution in [1.82, 2.24) is 4.73 Å². The molecule has 118 valence electrons. The van der Waals surface area contributed by atoms with Crippen molar-refractivity contribution in [3.63, 3.8) is 0 Å². The molecule has 6 heteroatoms. The van der Waals surface area contributed by atoms with Crippen molar-refractivity contribution in [2.45, 2.75) is 6.42 Å². The molecule has 0 bridgehead atoms. The lowest BCUT2D eigenvalue weighted by atomic mass is 10.0. The highest BCUT2D eigenvalue weighted by Gasteiger charge is 2.25. The summed E-state index contributed by atoms with van der Waals surface area (Å²) < 4.78 is 6.45. The number of carbonyl (C=O) groups excluding carboxylic acids is 1. The molecule has 2 N–H and O–H groups in total. The lowest BCUT2D eigenvalue weighted by Crippen LogP contribution is -2.11. The molecule has 0 aliphatic carbocycles. The highest BCUT2D eigenvalue weighted by molar-refractivity contribution is 9.10. The molecule has 0 saturated carbocycles. The maximum absolute atomic E-state index is 12.1. The Balaban J connectivity index is 2.24. The van der Waals surface area contributed by atoms with Crippen LogP contribution in [0.15, 0.2) is 46.9 Å². The topological polar surface area (TPSA) is 71.7 Å². The molecule has 0 aliphatic heterocycles. The lowest BCUT2D eigenvalue weighted by molar-refractivity contribution is 0.0552. The normalized spacial score (nSPS) is 10.9. The molecule has 0 atom stereocenters. The first-order valence-corrected chi connectivity index (χ1v) is 7.69. The number of halogens is 1. The number of nitrogens with zero attached hydrogens (tertiary/aromatic N) is 1. The summed E-state index contributed by atoms with van der Waals surface area (Å²) in [6.45, 7) is 0. The molecule has 3 rings (SSSR count). The van der Waals surface area contributed by atoms with Gasteiger partial charge >= 0.3 is 5.97 Å². The summed E-state index contributed by atoms with van der Waals surface area (Å²) in [4.78, 5) is 12.1. The maximum Gasteiger partial charge on any atom is 0.358 e. The first-order chi connectivity index (χ1) is 11.0. The molecule has 0 saturated heterocycles. The van der Waals surface area contributed by atoms with E-state index in [0.717, 1.165) is 20.2 Å². The Kier molecular flexibility index (Phi) is 4.00. The molecular formula is C17H14BrNO4. The van der Waals surface area contributed by atoms with E-state index in [-0.39, 0.29) is 11.4 Å². The van der Waals surface area contributed by atoms with Gasteiger partial charge in [0.1, 0.15) is 5.75 Å². The Bertz CT molecular complexity index is 884. The zero-order valence-corrected chi connectivity index (χ0v) is 13.9. The molecule has 0 spiro atoms. The van der Waals surface area contributed by atoms with Crippen molar-refractivity contribution >= 4 is 32.8 Å². The number of benzene rings is 2. The van der Waals surface area contributed by atoms with Gasteiger partial charge in [0.25, 0.3) is 0 Å². The monoisotopic (exact) mass is 375 g/mol. The summed E-state index contributed by atoms with van der Waals surface area (Å²) in [5, 5.41) is 20.5. The van der Waals surface area contributed by atoms with E-state index in [1.54, 1.807) is 36.4 Å². The molecule has 1 heterocycles. The summed E-state index contributed by atoms with van der Waals surface area (Å²) in [6, 6.07) is 12.1. The van der Waals surface area contributed by atoms with E-state index in [4.69, 9.17) is 4.74 Å². The van der Waals surface area contributed by atoms with Crippen LogP contribution in [0, 0.1) is 0 Å². The fourth-order valence-corrected chi connectivity index (χ4v) is 3.25. The fourth-order valence-electron chi connectivity index (χ4n) is 2.65. The van der Waals surface area contributed by atoms with Gasteiger partial charge in [0.05, 0.1) is 12.6 Å². The molecule has 0 aliphatic rings. The van der Waals surface area contributed by atoms with Crippen molar-refractivity contribution in [3.05, 3.63) is 63.8 Å². The van der Waals surface area contributed by atoms with E-state index in [1.807, 2.05) is 6.07 Å². The summed E-state index contributed by atoms with van der Waals surface area (Å²) in [5.41, 5.74) is 2.18.